The number of nitrogens with one attached hydrogen (secondary N) is 2. The van der Waals surface area contributed by atoms with Gasteiger partial charge in [0.2, 0.25) is 5.43 Å². The summed E-state index contributed by atoms with van der Waals surface area (Å²) in [5.41, 5.74) is 0.707. The minimum Gasteiger partial charge on any atom is -0.480 e. The Morgan fingerprint density at radius 2 is 1.88 bits per heavy atom. The van der Waals surface area contributed by atoms with E-state index in [2.05, 4.69) is 10.3 Å². The van der Waals surface area contributed by atoms with Crippen molar-refractivity contribution in [2.75, 3.05) is 14.1 Å². The van der Waals surface area contributed by atoms with Crippen LogP contribution in [0.15, 0.2) is 47.4 Å². The van der Waals surface area contributed by atoms with Crippen molar-refractivity contribution in [3.8, 4) is 0 Å². The molecule has 1 amide bonds. The van der Waals surface area contributed by atoms with E-state index >= 15 is 0 Å². The number of amides is 1. The summed E-state index contributed by atoms with van der Waals surface area (Å²) in [6.45, 7) is 0.207. The number of aliphatic carboxylic acids is 1. The summed E-state index contributed by atoms with van der Waals surface area (Å²) in [4.78, 5) is 41.2. The first-order chi connectivity index (χ1) is 15.7. The molecule has 2 aromatic carbocycles. The number of rotatable bonds is 9. The molecule has 0 bridgehead atoms. The Kier molecular flexibility index (Phi) is 7.84. The van der Waals surface area contributed by atoms with Crippen LogP contribution in [0.25, 0.3) is 10.9 Å². The predicted octanol–water partition coefficient (Wildman–Crippen LogP) is 3.59. The number of hydrogen-bond acceptors (Lipinski definition) is 4. The molecule has 33 heavy (non-hydrogen) atoms. The topological polar surface area (TPSA) is 103 Å². The number of nitrogens with zero attached hydrogens (tertiary/aromatic N) is 1. The van der Waals surface area contributed by atoms with E-state index in [-0.39, 0.29) is 23.0 Å². The molecule has 7 nitrogen and oxygen atoms in total. The fraction of sp³-hybridized carbons (Fsp3) is 0.292. The lowest BCUT2D eigenvalue weighted by atomic mass is 10.0. The zero-order valence-corrected chi connectivity index (χ0v) is 19.1. The summed E-state index contributed by atoms with van der Waals surface area (Å²) in [6.07, 6.45) is 2.49. The van der Waals surface area contributed by atoms with Gasteiger partial charge < -0.3 is 15.4 Å². The van der Waals surface area contributed by atoms with Crippen LogP contribution in [0, 0.1) is 5.82 Å². The van der Waals surface area contributed by atoms with Gasteiger partial charge in [-0.2, -0.15) is 0 Å². The van der Waals surface area contributed by atoms with Gasteiger partial charge in [0.15, 0.2) is 0 Å². The first-order valence-corrected chi connectivity index (χ1v) is 10.8. The number of carboxylic acids is 1. The summed E-state index contributed by atoms with van der Waals surface area (Å²) in [5, 5.41) is 12.6. The molecule has 0 spiro atoms. The number of carbonyl (C=O) groups excluding carboxylic acids is 1. The van der Waals surface area contributed by atoms with E-state index in [9.17, 15) is 23.9 Å². The molecule has 0 radical (unpaired) electrons. The third-order valence-corrected chi connectivity index (χ3v) is 5.71. The lowest BCUT2D eigenvalue weighted by molar-refractivity contribution is -0.142. The van der Waals surface area contributed by atoms with Crippen molar-refractivity contribution in [3.63, 3.8) is 0 Å². The van der Waals surface area contributed by atoms with Crippen LogP contribution in [0.2, 0.25) is 5.02 Å². The fourth-order valence-corrected chi connectivity index (χ4v) is 3.76. The molecular formula is C24H25ClFN3O4. The van der Waals surface area contributed by atoms with Crippen molar-refractivity contribution in [1.29, 1.82) is 0 Å². The van der Waals surface area contributed by atoms with Gasteiger partial charge in [-0.15, -0.1) is 0 Å². The third kappa shape index (κ3) is 5.97. The van der Waals surface area contributed by atoms with Crippen LogP contribution in [0.5, 0.6) is 0 Å². The van der Waals surface area contributed by atoms with E-state index in [0.717, 1.165) is 5.56 Å². The van der Waals surface area contributed by atoms with Crippen LogP contribution in [0.3, 0.4) is 0 Å². The lowest BCUT2D eigenvalue weighted by Gasteiger charge is -2.19. The quantitative estimate of drug-likeness (QED) is 0.441. The summed E-state index contributed by atoms with van der Waals surface area (Å²) in [6, 6.07) is 9.17. The minimum atomic E-state index is -0.921. The van der Waals surface area contributed by atoms with Gasteiger partial charge >= 0.3 is 5.97 Å². The molecule has 1 heterocycles. The molecule has 0 fully saturated rings. The second-order valence-corrected chi connectivity index (χ2v) is 8.49. The van der Waals surface area contributed by atoms with Crippen molar-refractivity contribution >= 4 is 34.4 Å². The molecule has 1 unspecified atom stereocenters. The highest BCUT2D eigenvalue weighted by Gasteiger charge is 2.20. The number of fused-ring (bicyclic) bond motifs is 1. The SMILES string of the molecule is CN(C)C(CCCc1cc(F)c2[nH]cc(C(=O)NCc3ccc(Cl)cc3)c(=O)c2c1)C(=O)O. The maximum atomic E-state index is 14.6. The van der Waals surface area contributed by atoms with Gasteiger partial charge in [0.1, 0.15) is 17.4 Å². The van der Waals surface area contributed by atoms with E-state index in [0.29, 0.717) is 29.8 Å². The van der Waals surface area contributed by atoms with Crippen LogP contribution < -0.4 is 10.7 Å². The molecule has 1 aromatic heterocycles. The monoisotopic (exact) mass is 473 g/mol. The maximum Gasteiger partial charge on any atom is 0.320 e. The van der Waals surface area contributed by atoms with Crippen LogP contribution >= 0.6 is 11.6 Å². The Bertz CT molecular complexity index is 1220. The highest BCUT2D eigenvalue weighted by atomic mass is 35.5. The molecule has 0 aliphatic heterocycles. The van der Waals surface area contributed by atoms with Gasteiger partial charge in [-0.05, 0) is 68.8 Å². The van der Waals surface area contributed by atoms with E-state index < -0.39 is 29.2 Å². The maximum absolute atomic E-state index is 14.6. The Morgan fingerprint density at radius 3 is 2.52 bits per heavy atom. The Hall–Kier alpha value is -3.23. The standard InChI is InChI=1S/C24H25ClFN3O4/c1-29(2)20(24(32)33)5-3-4-15-10-17-21(19(26)11-15)27-13-18(22(17)30)23(31)28-12-14-6-8-16(25)9-7-14/h6-11,13,20H,3-5,12H2,1-2H3,(H,27,30)(H,28,31)(H,32,33). The number of benzene rings is 2. The second kappa shape index (κ2) is 10.6. The second-order valence-electron chi connectivity index (χ2n) is 8.05. The van der Waals surface area contributed by atoms with Crippen LogP contribution in [-0.4, -0.2) is 47.0 Å². The summed E-state index contributed by atoms with van der Waals surface area (Å²) in [5.74, 6) is -2.10. The predicted molar refractivity (Wildman–Crippen MR) is 125 cm³/mol. The molecule has 3 N–H and O–H groups in total. The molecular weight excluding hydrogens is 449 g/mol. The molecule has 0 aliphatic rings. The number of aromatic amines is 1. The molecule has 3 aromatic rings. The Labute approximate surface area is 195 Å². The number of pyridine rings is 1. The highest BCUT2D eigenvalue weighted by Crippen LogP contribution is 2.19. The van der Waals surface area contributed by atoms with E-state index in [1.54, 1.807) is 49.3 Å². The molecule has 0 aliphatic carbocycles. The van der Waals surface area contributed by atoms with Gasteiger partial charge in [0, 0.05) is 23.2 Å². The number of carbonyl (C=O) groups is 2. The Balaban J connectivity index is 1.78. The Morgan fingerprint density at radius 1 is 1.18 bits per heavy atom. The van der Waals surface area contributed by atoms with Gasteiger partial charge in [-0.25, -0.2) is 4.39 Å². The molecule has 0 saturated heterocycles. The molecule has 174 valence electrons. The van der Waals surface area contributed by atoms with Crippen molar-refractivity contribution in [3.05, 3.63) is 80.3 Å². The van der Waals surface area contributed by atoms with Gasteiger partial charge in [0.05, 0.1) is 5.52 Å². The van der Waals surface area contributed by atoms with E-state index in [1.807, 2.05) is 0 Å². The first kappa shape index (κ1) is 24.4. The van der Waals surface area contributed by atoms with Crippen LogP contribution in [0.1, 0.15) is 34.3 Å². The number of likely N-dealkylation sites (N-methyl/N-ethyl adjacent to an activating group) is 1. The molecule has 3 rings (SSSR count). The number of hydrogen-bond donors (Lipinski definition) is 3. The normalized spacial score (nSPS) is 12.2. The summed E-state index contributed by atoms with van der Waals surface area (Å²) < 4.78 is 14.6. The molecule has 0 saturated carbocycles. The summed E-state index contributed by atoms with van der Waals surface area (Å²) in [7, 11) is 3.38. The van der Waals surface area contributed by atoms with E-state index in [4.69, 9.17) is 11.6 Å². The number of aryl methyl sites for hydroxylation is 1. The molecule has 1 atom stereocenters. The number of carboxylic acid groups (broad SMARTS) is 1. The molecule has 9 heteroatoms. The smallest absolute Gasteiger partial charge is 0.320 e. The van der Waals surface area contributed by atoms with Crippen LogP contribution in [-0.2, 0) is 17.8 Å². The zero-order valence-electron chi connectivity index (χ0n) is 18.3. The summed E-state index contributed by atoms with van der Waals surface area (Å²) >= 11 is 5.86. The minimum absolute atomic E-state index is 0.0229. The lowest BCUT2D eigenvalue weighted by Crippen LogP contribution is -2.35. The van der Waals surface area contributed by atoms with Gasteiger partial charge in [-0.3, -0.25) is 19.3 Å². The van der Waals surface area contributed by atoms with E-state index in [1.165, 1.54) is 12.3 Å². The number of aromatic nitrogens is 1. The third-order valence-electron chi connectivity index (χ3n) is 5.46. The van der Waals surface area contributed by atoms with Crippen molar-refractivity contribution in [1.82, 2.24) is 15.2 Å². The van der Waals surface area contributed by atoms with Crippen molar-refractivity contribution in [2.24, 2.45) is 0 Å². The first-order valence-electron chi connectivity index (χ1n) is 10.4. The number of halogens is 2. The van der Waals surface area contributed by atoms with Gasteiger partial charge in [0.25, 0.3) is 5.91 Å². The van der Waals surface area contributed by atoms with Crippen molar-refractivity contribution in [2.45, 2.75) is 31.8 Å². The van der Waals surface area contributed by atoms with Crippen LogP contribution in [0.4, 0.5) is 4.39 Å². The highest BCUT2D eigenvalue weighted by molar-refractivity contribution is 6.30. The number of H-pyrrole nitrogens is 1. The van der Waals surface area contributed by atoms with Crippen molar-refractivity contribution < 1.29 is 19.1 Å². The average molecular weight is 474 g/mol. The average Bonchev–Trinajstić information content (AvgIpc) is 2.76. The zero-order chi connectivity index (χ0) is 24.1. The largest absolute Gasteiger partial charge is 0.480 e. The fourth-order valence-electron chi connectivity index (χ4n) is 3.64. The van der Waals surface area contributed by atoms with Gasteiger partial charge in [-0.1, -0.05) is 23.7 Å².